The van der Waals surface area contributed by atoms with Crippen LogP contribution in [0.2, 0.25) is 5.02 Å². The molecule has 0 aromatic heterocycles. The summed E-state index contributed by atoms with van der Waals surface area (Å²) in [5.74, 6) is -0.784. The quantitative estimate of drug-likeness (QED) is 0.377. The molecule has 1 aliphatic rings. The summed E-state index contributed by atoms with van der Waals surface area (Å²) in [6, 6.07) is 17.5. The molecule has 0 atom stereocenters. The van der Waals surface area contributed by atoms with E-state index < -0.39 is 29.4 Å². The molecule has 3 aromatic carbocycles. The molecule has 0 aliphatic carbocycles. The van der Waals surface area contributed by atoms with Crippen molar-refractivity contribution in [3.8, 4) is 11.5 Å². The zero-order valence-corrected chi connectivity index (χ0v) is 20.6. The monoisotopic (exact) mass is 526 g/mol. The predicted molar refractivity (Wildman–Crippen MR) is 136 cm³/mol. The molecule has 184 valence electrons. The van der Waals surface area contributed by atoms with E-state index in [1.807, 2.05) is 12.1 Å². The number of rotatable bonds is 8. The predicted octanol–water partition coefficient (Wildman–Crippen LogP) is 5.74. The highest BCUT2D eigenvalue weighted by Gasteiger charge is 2.36. The maximum Gasteiger partial charge on any atom is 0.294 e. The van der Waals surface area contributed by atoms with Crippen LogP contribution in [0, 0.1) is 5.82 Å². The number of amides is 3. The van der Waals surface area contributed by atoms with Crippen LogP contribution in [0.1, 0.15) is 11.1 Å². The summed E-state index contributed by atoms with van der Waals surface area (Å²) in [4.78, 5) is 38.8. The second-order valence-electron chi connectivity index (χ2n) is 7.62. The van der Waals surface area contributed by atoms with Crippen LogP contribution in [-0.4, -0.2) is 35.6 Å². The molecule has 3 aromatic rings. The third kappa shape index (κ3) is 6.05. The van der Waals surface area contributed by atoms with Gasteiger partial charge in [0.1, 0.15) is 19.0 Å². The van der Waals surface area contributed by atoms with Crippen molar-refractivity contribution in [1.82, 2.24) is 4.90 Å². The lowest BCUT2D eigenvalue weighted by molar-refractivity contribution is -0.127. The topological polar surface area (TPSA) is 84.9 Å². The molecule has 4 rings (SSSR count). The first kappa shape index (κ1) is 25.3. The molecule has 0 unspecified atom stereocenters. The van der Waals surface area contributed by atoms with E-state index in [2.05, 4.69) is 5.32 Å². The zero-order chi connectivity index (χ0) is 25.7. The summed E-state index contributed by atoms with van der Waals surface area (Å²) < 4.78 is 24.5. The average molecular weight is 527 g/mol. The molecule has 7 nitrogen and oxygen atoms in total. The Balaban J connectivity index is 1.50. The van der Waals surface area contributed by atoms with E-state index in [4.69, 9.17) is 21.1 Å². The number of halogens is 2. The Kier molecular flexibility index (Phi) is 7.92. The van der Waals surface area contributed by atoms with Crippen LogP contribution in [0.5, 0.6) is 11.5 Å². The van der Waals surface area contributed by atoms with Gasteiger partial charge in [0.05, 0.1) is 12.0 Å². The number of carbonyl (C=O) groups excluding carboxylic acids is 3. The Morgan fingerprint density at radius 1 is 1.08 bits per heavy atom. The lowest BCUT2D eigenvalue weighted by atomic mass is 10.1. The number of hydrogen-bond acceptors (Lipinski definition) is 6. The number of thioether (sulfide) groups is 1. The van der Waals surface area contributed by atoms with Crippen LogP contribution >= 0.6 is 23.4 Å². The second-order valence-corrected chi connectivity index (χ2v) is 9.05. The molecule has 0 saturated carbocycles. The van der Waals surface area contributed by atoms with Crippen molar-refractivity contribution in [2.45, 2.75) is 6.61 Å². The van der Waals surface area contributed by atoms with Gasteiger partial charge in [-0.1, -0.05) is 35.9 Å². The summed E-state index contributed by atoms with van der Waals surface area (Å²) in [6.45, 7) is -0.249. The Bertz CT molecular complexity index is 1330. The molecule has 1 aliphatic heterocycles. The number of methoxy groups -OCH3 is 1. The third-order valence-corrected chi connectivity index (χ3v) is 6.27. The number of carbonyl (C=O) groups is 3. The number of anilines is 1. The van der Waals surface area contributed by atoms with Crippen LogP contribution in [0.25, 0.3) is 6.08 Å². The molecule has 1 fully saturated rings. The number of benzene rings is 3. The Morgan fingerprint density at radius 2 is 1.81 bits per heavy atom. The summed E-state index contributed by atoms with van der Waals surface area (Å²) in [5, 5.41) is 2.57. The van der Waals surface area contributed by atoms with Crippen molar-refractivity contribution in [3.05, 3.63) is 93.6 Å². The molecule has 1 saturated heterocycles. The standard InChI is InChI=1S/C26H20ClFN2O5S/c1-34-21-4-2-3-17(24(21)35-15-16-5-7-18(27)8-6-16)13-22-25(32)30(26(33)36-22)14-23(31)29-20-11-9-19(28)10-12-20/h2-13H,14-15H2,1H3,(H,29,31)/b22-13+. The number of nitrogens with zero attached hydrogens (tertiary/aromatic N) is 1. The number of ether oxygens (including phenoxy) is 2. The summed E-state index contributed by atoms with van der Waals surface area (Å²) in [6.07, 6.45) is 1.53. The molecular formula is C26H20ClFN2O5S. The largest absolute Gasteiger partial charge is 0.493 e. The second kappa shape index (κ2) is 11.3. The molecule has 1 N–H and O–H groups in total. The SMILES string of the molecule is COc1cccc(/C=C2/SC(=O)N(CC(=O)Nc3ccc(F)cc3)C2=O)c1OCc1ccc(Cl)cc1. The highest BCUT2D eigenvalue weighted by Crippen LogP contribution is 2.37. The van der Waals surface area contributed by atoms with Crippen LogP contribution in [-0.2, 0) is 16.2 Å². The van der Waals surface area contributed by atoms with Gasteiger partial charge in [0, 0.05) is 16.3 Å². The summed E-state index contributed by atoms with van der Waals surface area (Å²) in [5.41, 5.74) is 1.76. The molecule has 0 radical (unpaired) electrons. The zero-order valence-electron chi connectivity index (χ0n) is 19.0. The molecule has 0 spiro atoms. The van der Waals surface area contributed by atoms with Crippen LogP contribution in [0.3, 0.4) is 0 Å². The third-order valence-electron chi connectivity index (χ3n) is 5.12. The van der Waals surface area contributed by atoms with Crippen molar-refractivity contribution in [3.63, 3.8) is 0 Å². The minimum atomic E-state index is -0.606. The van der Waals surface area contributed by atoms with Gasteiger partial charge in [0.25, 0.3) is 11.1 Å². The van der Waals surface area contributed by atoms with Crippen molar-refractivity contribution < 1.29 is 28.2 Å². The van der Waals surface area contributed by atoms with Crippen molar-refractivity contribution in [1.29, 1.82) is 0 Å². The highest BCUT2D eigenvalue weighted by molar-refractivity contribution is 8.18. The number of hydrogen-bond donors (Lipinski definition) is 1. The maximum atomic E-state index is 13.1. The molecular weight excluding hydrogens is 507 g/mol. The fourth-order valence-electron chi connectivity index (χ4n) is 3.35. The molecule has 36 heavy (non-hydrogen) atoms. The Morgan fingerprint density at radius 3 is 2.50 bits per heavy atom. The van der Waals surface area contributed by atoms with E-state index in [0.29, 0.717) is 27.8 Å². The first-order valence-corrected chi connectivity index (χ1v) is 11.9. The molecule has 3 amide bonds. The number of imide groups is 1. The molecule has 10 heteroatoms. The van der Waals surface area contributed by atoms with Crippen molar-refractivity contribution in [2.75, 3.05) is 19.0 Å². The van der Waals surface area contributed by atoms with Crippen molar-refractivity contribution in [2.24, 2.45) is 0 Å². The summed E-state index contributed by atoms with van der Waals surface area (Å²) in [7, 11) is 1.50. The minimum absolute atomic E-state index is 0.138. The normalized spacial score (nSPS) is 14.3. The molecule has 1 heterocycles. The van der Waals surface area contributed by atoms with Gasteiger partial charge in [-0.15, -0.1) is 0 Å². The summed E-state index contributed by atoms with van der Waals surface area (Å²) >= 11 is 6.66. The van der Waals surface area contributed by atoms with E-state index in [1.54, 1.807) is 30.3 Å². The number of para-hydroxylation sites is 1. The van der Waals surface area contributed by atoms with Gasteiger partial charge < -0.3 is 14.8 Å². The van der Waals surface area contributed by atoms with E-state index >= 15 is 0 Å². The first-order chi connectivity index (χ1) is 17.3. The van der Waals surface area contributed by atoms with E-state index in [-0.39, 0.29) is 11.5 Å². The minimum Gasteiger partial charge on any atom is -0.493 e. The molecule has 0 bridgehead atoms. The van der Waals surface area contributed by atoms with E-state index in [0.717, 1.165) is 22.2 Å². The average Bonchev–Trinajstić information content (AvgIpc) is 3.12. The maximum absolute atomic E-state index is 13.1. The van der Waals surface area contributed by atoms with Crippen LogP contribution in [0.4, 0.5) is 14.9 Å². The lowest BCUT2D eigenvalue weighted by Crippen LogP contribution is -2.36. The fraction of sp³-hybridized carbons (Fsp3) is 0.115. The van der Waals surface area contributed by atoms with Gasteiger partial charge in [-0.2, -0.15) is 0 Å². The highest BCUT2D eigenvalue weighted by atomic mass is 35.5. The van der Waals surface area contributed by atoms with E-state index in [1.165, 1.54) is 37.5 Å². The number of nitrogens with one attached hydrogen (secondary N) is 1. The van der Waals surface area contributed by atoms with Gasteiger partial charge in [-0.3, -0.25) is 19.3 Å². The Hall–Kier alpha value is -3.82. The lowest BCUT2D eigenvalue weighted by Gasteiger charge is -2.14. The van der Waals surface area contributed by atoms with Gasteiger partial charge in [0.15, 0.2) is 11.5 Å². The van der Waals surface area contributed by atoms with Gasteiger partial charge >= 0.3 is 0 Å². The first-order valence-electron chi connectivity index (χ1n) is 10.7. The van der Waals surface area contributed by atoms with Gasteiger partial charge in [-0.25, -0.2) is 4.39 Å². The Labute approximate surface area is 215 Å². The fourth-order valence-corrected chi connectivity index (χ4v) is 4.31. The van der Waals surface area contributed by atoms with Crippen LogP contribution in [0.15, 0.2) is 71.6 Å². The van der Waals surface area contributed by atoms with Crippen molar-refractivity contribution >= 4 is 52.2 Å². The smallest absolute Gasteiger partial charge is 0.294 e. The van der Waals surface area contributed by atoms with Crippen LogP contribution < -0.4 is 14.8 Å². The van der Waals surface area contributed by atoms with E-state index in [9.17, 15) is 18.8 Å². The van der Waals surface area contributed by atoms with Gasteiger partial charge in [-0.05, 0) is 65.9 Å². The van der Waals surface area contributed by atoms with Gasteiger partial charge in [0.2, 0.25) is 5.91 Å².